The zero-order valence-electron chi connectivity index (χ0n) is 13.9. The lowest BCUT2D eigenvalue weighted by Gasteiger charge is -2.14. The molecule has 1 fully saturated rings. The SMILES string of the molecule is CCc1ccc(-c2noc(C(C)NC(=O)C3CCCN3)n2)cc1.Cl. The van der Waals surface area contributed by atoms with Crippen molar-refractivity contribution in [3.05, 3.63) is 35.7 Å². The largest absolute Gasteiger partial charge is 0.343 e. The van der Waals surface area contributed by atoms with Gasteiger partial charge >= 0.3 is 0 Å². The summed E-state index contributed by atoms with van der Waals surface area (Å²) in [5.74, 6) is 0.954. The molecule has 1 aromatic heterocycles. The monoisotopic (exact) mass is 350 g/mol. The van der Waals surface area contributed by atoms with E-state index < -0.39 is 0 Å². The minimum Gasteiger partial charge on any atom is -0.343 e. The highest BCUT2D eigenvalue weighted by Crippen LogP contribution is 2.19. The van der Waals surface area contributed by atoms with Crippen LogP contribution in [0.5, 0.6) is 0 Å². The fourth-order valence-electron chi connectivity index (χ4n) is 2.70. The molecule has 24 heavy (non-hydrogen) atoms. The van der Waals surface area contributed by atoms with Crippen molar-refractivity contribution < 1.29 is 9.32 Å². The van der Waals surface area contributed by atoms with E-state index in [0.717, 1.165) is 31.4 Å². The first-order valence-corrected chi connectivity index (χ1v) is 8.14. The zero-order chi connectivity index (χ0) is 16.2. The molecular formula is C17H23ClN4O2. The molecule has 1 saturated heterocycles. The molecule has 1 aromatic carbocycles. The number of rotatable bonds is 5. The maximum absolute atomic E-state index is 12.1. The van der Waals surface area contributed by atoms with Gasteiger partial charge in [-0.15, -0.1) is 12.4 Å². The molecule has 130 valence electrons. The van der Waals surface area contributed by atoms with Gasteiger partial charge < -0.3 is 15.2 Å². The molecule has 1 aliphatic rings. The summed E-state index contributed by atoms with van der Waals surface area (Å²) in [6.07, 6.45) is 2.90. The summed E-state index contributed by atoms with van der Waals surface area (Å²) in [7, 11) is 0. The molecule has 0 bridgehead atoms. The third-order valence-electron chi connectivity index (χ3n) is 4.17. The molecule has 2 atom stereocenters. The van der Waals surface area contributed by atoms with E-state index in [1.165, 1.54) is 5.56 Å². The molecule has 2 N–H and O–H groups in total. The predicted molar refractivity (Wildman–Crippen MR) is 93.9 cm³/mol. The van der Waals surface area contributed by atoms with Crippen LogP contribution in [0, 0.1) is 0 Å². The maximum atomic E-state index is 12.1. The Balaban J connectivity index is 0.00000208. The molecule has 2 aromatic rings. The van der Waals surface area contributed by atoms with E-state index in [9.17, 15) is 4.79 Å². The normalized spacial score (nSPS) is 18.0. The second-order valence-electron chi connectivity index (χ2n) is 5.89. The van der Waals surface area contributed by atoms with Gasteiger partial charge in [-0.1, -0.05) is 36.3 Å². The van der Waals surface area contributed by atoms with Gasteiger partial charge in [0.2, 0.25) is 17.6 Å². The number of carbonyl (C=O) groups excluding carboxylic acids is 1. The van der Waals surface area contributed by atoms with Crippen molar-refractivity contribution in [1.82, 2.24) is 20.8 Å². The topological polar surface area (TPSA) is 80.0 Å². The summed E-state index contributed by atoms with van der Waals surface area (Å²) in [5.41, 5.74) is 2.18. The summed E-state index contributed by atoms with van der Waals surface area (Å²) in [5, 5.41) is 10.1. The number of nitrogens with zero attached hydrogens (tertiary/aromatic N) is 2. The molecule has 6 nitrogen and oxygen atoms in total. The lowest BCUT2D eigenvalue weighted by Crippen LogP contribution is -2.41. The maximum Gasteiger partial charge on any atom is 0.249 e. The van der Waals surface area contributed by atoms with Crippen LogP contribution in [0.15, 0.2) is 28.8 Å². The predicted octanol–water partition coefficient (Wildman–Crippen LogP) is 2.65. The molecular weight excluding hydrogens is 328 g/mol. The van der Waals surface area contributed by atoms with Crippen LogP contribution in [0.2, 0.25) is 0 Å². The number of nitrogens with one attached hydrogen (secondary N) is 2. The highest BCUT2D eigenvalue weighted by molar-refractivity contribution is 5.85. The molecule has 0 saturated carbocycles. The first-order chi connectivity index (χ1) is 11.2. The standard InChI is InChI=1S/C17H22N4O2.ClH/c1-3-12-6-8-13(9-7-12)15-20-17(23-21-15)11(2)19-16(22)14-5-4-10-18-14;/h6-9,11,14,18H,3-5,10H2,1-2H3,(H,19,22);1H. The van der Waals surface area contributed by atoms with Crippen LogP contribution < -0.4 is 10.6 Å². The number of hydrogen-bond acceptors (Lipinski definition) is 5. The number of carbonyl (C=O) groups is 1. The van der Waals surface area contributed by atoms with Crippen molar-refractivity contribution >= 4 is 18.3 Å². The van der Waals surface area contributed by atoms with E-state index in [-0.39, 0.29) is 30.4 Å². The van der Waals surface area contributed by atoms with Gasteiger partial charge in [-0.25, -0.2) is 0 Å². The van der Waals surface area contributed by atoms with E-state index in [1.54, 1.807) is 0 Å². The van der Waals surface area contributed by atoms with Crippen LogP contribution in [-0.4, -0.2) is 28.6 Å². The van der Waals surface area contributed by atoms with Crippen molar-refractivity contribution in [3.63, 3.8) is 0 Å². The van der Waals surface area contributed by atoms with Crippen LogP contribution in [-0.2, 0) is 11.2 Å². The molecule has 0 spiro atoms. The number of amides is 1. The van der Waals surface area contributed by atoms with Gasteiger partial charge in [-0.05, 0) is 38.3 Å². The van der Waals surface area contributed by atoms with Gasteiger partial charge in [-0.2, -0.15) is 4.98 Å². The number of aryl methyl sites for hydroxylation is 1. The van der Waals surface area contributed by atoms with Crippen molar-refractivity contribution in [2.75, 3.05) is 6.54 Å². The molecule has 2 unspecified atom stereocenters. The van der Waals surface area contributed by atoms with Gasteiger partial charge in [-0.3, -0.25) is 4.79 Å². The lowest BCUT2D eigenvalue weighted by atomic mass is 10.1. The summed E-state index contributed by atoms with van der Waals surface area (Å²) < 4.78 is 5.30. The van der Waals surface area contributed by atoms with Crippen molar-refractivity contribution in [2.24, 2.45) is 0 Å². The molecule has 3 rings (SSSR count). The number of halogens is 1. The Morgan fingerprint density at radius 2 is 2.17 bits per heavy atom. The van der Waals surface area contributed by atoms with Gasteiger partial charge in [0, 0.05) is 5.56 Å². The first-order valence-electron chi connectivity index (χ1n) is 8.14. The average Bonchev–Trinajstić information content (AvgIpc) is 3.26. The van der Waals surface area contributed by atoms with Gasteiger partial charge in [0.15, 0.2) is 0 Å². The minimum absolute atomic E-state index is 0. The summed E-state index contributed by atoms with van der Waals surface area (Å²) in [6, 6.07) is 7.67. The third-order valence-corrected chi connectivity index (χ3v) is 4.17. The Morgan fingerprint density at radius 1 is 1.42 bits per heavy atom. The molecule has 0 aliphatic carbocycles. The Labute approximate surface area is 147 Å². The Bertz CT molecular complexity index is 665. The van der Waals surface area contributed by atoms with Crippen LogP contribution in [0.4, 0.5) is 0 Å². The zero-order valence-corrected chi connectivity index (χ0v) is 14.7. The van der Waals surface area contributed by atoms with Crippen LogP contribution in [0.25, 0.3) is 11.4 Å². The lowest BCUT2D eigenvalue weighted by molar-refractivity contribution is -0.123. The van der Waals surface area contributed by atoms with Gasteiger partial charge in [0.25, 0.3) is 0 Å². The van der Waals surface area contributed by atoms with Crippen LogP contribution in [0.3, 0.4) is 0 Å². The quantitative estimate of drug-likeness (QED) is 0.866. The molecule has 0 radical (unpaired) electrons. The Hall–Kier alpha value is -1.92. The Kier molecular flexibility index (Phi) is 6.34. The van der Waals surface area contributed by atoms with Crippen molar-refractivity contribution in [3.8, 4) is 11.4 Å². The smallest absolute Gasteiger partial charge is 0.249 e. The molecule has 7 heteroatoms. The number of benzene rings is 1. The van der Waals surface area contributed by atoms with Crippen molar-refractivity contribution in [2.45, 2.75) is 45.2 Å². The van der Waals surface area contributed by atoms with Crippen molar-refractivity contribution in [1.29, 1.82) is 0 Å². The van der Waals surface area contributed by atoms with E-state index in [2.05, 4.69) is 39.8 Å². The molecule has 1 amide bonds. The average molecular weight is 351 g/mol. The number of hydrogen-bond donors (Lipinski definition) is 2. The van der Waals surface area contributed by atoms with E-state index in [1.807, 2.05) is 19.1 Å². The third kappa shape index (κ3) is 4.13. The summed E-state index contributed by atoms with van der Waals surface area (Å²) in [4.78, 5) is 16.5. The second-order valence-corrected chi connectivity index (χ2v) is 5.89. The van der Waals surface area contributed by atoms with E-state index in [0.29, 0.717) is 11.7 Å². The molecule has 1 aliphatic heterocycles. The minimum atomic E-state index is -0.305. The highest BCUT2D eigenvalue weighted by Gasteiger charge is 2.25. The first kappa shape index (κ1) is 18.4. The van der Waals surface area contributed by atoms with E-state index in [4.69, 9.17) is 4.52 Å². The number of aromatic nitrogens is 2. The fourth-order valence-corrected chi connectivity index (χ4v) is 2.70. The van der Waals surface area contributed by atoms with Gasteiger partial charge in [0.05, 0.1) is 6.04 Å². The fraction of sp³-hybridized carbons (Fsp3) is 0.471. The molecule has 2 heterocycles. The van der Waals surface area contributed by atoms with Crippen LogP contribution in [0.1, 0.15) is 44.2 Å². The summed E-state index contributed by atoms with van der Waals surface area (Å²) in [6.45, 7) is 4.86. The Morgan fingerprint density at radius 3 is 2.79 bits per heavy atom. The second kappa shape index (κ2) is 8.26. The highest BCUT2D eigenvalue weighted by atomic mass is 35.5. The van der Waals surface area contributed by atoms with Crippen LogP contribution >= 0.6 is 12.4 Å². The van der Waals surface area contributed by atoms with E-state index >= 15 is 0 Å². The van der Waals surface area contributed by atoms with Gasteiger partial charge in [0.1, 0.15) is 6.04 Å². The summed E-state index contributed by atoms with van der Waals surface area (Å²) >= 11 is 0.